The molecule has 1 aliphatic carbocycles. The molecule has 1 aliphatic heterocycles. The van der Waals surface area contributed by atoms with E-state index in [0.717, 1.165) is 44.6 Å². The number of rotatable bonds is 5. The first-order valence-corrected chi connectivity index (χ1v) is 10.1. The number of piperidine rings is 1. The molecule has 4 rings (SSSR count). The topological polar surface area (TPSA) is 72.3 Å². The molecular formula is C22H24FN5O. The smallest absolute Gasteiger partial charge is 0.318 e. The van der Waals surface area contributed by atoms with Gasteiger partial charge in [-0.25, -0.2) is 14.2 Å². The van der Waals surface area contributed by atoms with Crippen molar-refractivity contribution in [2.24, 2.45) is 0 Å². The second kappa shape index (κ2) is 8.48. The Bertz CT molecular complexity index is 898. The van der Waals surface area contributed by atoms with E-state index in [1.807, 2.05) is 6.07 Å². The van der Waals surface area contributed by atoms with Crippen LogP contribution in [0.5, 0.6) is 0 Å². The maximum absolute atomic E-state index is 14.0. The van der Waals surface area contributed by atoms with E-state index in [-0.39, 0.29) is 23.9 Å². The van der Waals surface area contributed by atoms with Crippen molar-refractivity contribution in [1.82, 2.24) is 15.2 Å². The zero-order chi connectivity index (χ0) is 20.2. The minimum Gasteiger partial charge on any atom is -0.356 e. The number of amides is 2. The Hall–Kier alpha value is -3.14. The standard InChI is InChI=1S/C22H24FN5O/c23-20-4-2-1-3-17(20)15-28(19-6-7-19)22(29)26-18-9-11-27(12-10-18)21-8-5-16(13-24)14-25-21/h1-5,8,14,18-19H,6-7,9-12,15H2,(H,26,29). The van der Waals surface area contributed by atoms with Gasteiger partial charge in [0.25, 0.3) is 0 Å². The van der Waals surface area contributed by atoms with Crippen molar-refractivity contribution in [1.29, 1.82) is 5.26 Å². The van der Waals surface area contributed by atoms with E-state index in [2.05, 4.69) is 21.3 Å². The average Bonchev–Trinajstić information content (AvgIpc) is 3.59. The Morgan fingerprint density at radius 2 is 1.97 bits per heavy atom. The molecule has 2 aromatic rings. The Morgan fingerprint density at radius 3 is 2.59 bits per heavy atom. The molecule has 0 radical (unpaired) electrons. The van der Waals surface area contributed by atoms with Crippen molar-refractivity contribution >= 4 is 11.8 Å². The molecule has 2 heterocycles. The van der Waals surface area contributed by atoms with Gasteiger partial charge in [-0.15, -0.1) is 0 Å². The zero-order valence-electron chi connectivity index (χ0n) is 16.2. The number of nitriles is 1. The van der Waals surface area contributed by atoms with Crippen LogP contribution in [0.4, 0.5) is 15.0 Å². The van der Waals surface area contributed by atoms with Crippen LogP contribution in [0.1, 0.15) is 36.8 Å². The van der Waals surface area contributed by atoms with Gasteiger partial charge in [0.15, 0.2) is 0 Å². The third kappa shape index (κ3) is 4.65. The molecule has 2 amide bonds. The molecule has 0 unspecified atom stereocenters. The summed E-state index contributed by atoms with van der Waals surface area (Å²) >= 11 is 0. The predicted molar refractivity (Wildman–Crippen MR) is 108 cm³/mol. The second-order valence-corrected chi connectivity index (χ2v) is 7.68. The highest BCUT2D eigenvalue weighted by atomic mass is 19.1. The number of aromatic nitrogens is 1. The summed E-state index contributed by atoms with van der Waals surface area (Å²) in [7, 11) is 0. The number of benzene rings is 1. The van der Waals surface area contributed by atoms with Gasteiger partial charge in [0, 0.05) is 36.9 Å². The first-order valence-electron chi connectivity index (χ1n) is 10.1. The number of carbonyl (C=O) groups is 1. The van der Waals surface area contributed by atoms with Gasteiger partial charge in [0.1, 0.15) is 17.7 Å². The molecular weight excluding hydrogens is 369 g/mol. The molecule has 29 heavy (non-hydrogen) atoms. The minimum atomic E-state index is -0.269. The summed E-state index contributed by atoms with van der Waals surface area (Å²) in [6, 6.07) is 12.5. The van der Waals surface area contributed by atoms with Crippen LogP contribution in [0.3, 0.4) is 0 Å². The Labute approximate surface area is 170 Å². The molecule has 0 bridgehead atoms. The fraction of sp³-hybridized carbons (Fsp3) is 0.409. The van der Waals surface area contributed by atoms with Gasteiger partial charge in [-0.3, -0.25) is 0 Å². The largest absolute Gasteiger partial charge is 0.356 e. The van der Waals surface area contributed by atoms with Crippen molar-refractivity contribution in [3.05, 3.63) is 59.5 Å². The van der Waals surface area contributed by atoms with Crippen LogP contribution in [0.25, 0.3) is 0 Å². The first kappa shape index (κ1) is 19.2. The summed E-state index contributed by atoms with van der Waals surface area (Å²) in [4.78, 5) is 21.2. The molecule has 150 valence electrons. The van der Waals surface area contributed by atoms with Crippen LogP contribution < -0.4 is 10.2 Å². The van der Waals surface area contributed by atoms with E-state index in [0.29, 0.717) is 17.7 Å². The van der Waals surface area contributed by atoms with Crippen molar-refractivity contribution in [2.75, 3.05) is 18.0 Å². The summed E-state index contributed by atoms with van der Waals surface area (Å²) in [6.07, 6.45) is 5.19. The molecule has 2 aliphatic rings. The zero-order valence-corrected chi connectivity index (χ0v) is 16.2. The van der Waals surface area contributed by atoms with Gasteiger partial charge in [0.05, 0.1) is 12.1 Å². The summed E-state index contributed by atoms with van der Waals surface area (Å²) in [5.41, 5.74) is 1.10. The molecule has 0 spiro atoms. The number of nitrogens with zero attached hydrogens (tertiary/aromatic N) is 4. The normalized spacial score (nSPS) is 16.9. The molecule has 7 heteroatoms. The fourth-order valence-electron chi connectivity index (χ4n) is 3.71. The number of anilines is 1. The highest BCUT2D eigenvalue weighted by Crippen LogP contribution is 2.29. The number of hydrogen-bond donors (Lipinski definition) is 1. The summed E-state index contributed by atoms with van der Waals surface area (Å²) in [5.74, 6) is 0.585. The van der Waals surface area contributed by atoms with Crippen LogP contribution in [-0.2, 0) is 6.54 Å². The fourth-order valence-corrected chi connectivity index (χ4v) is 3.71. The van der Waals surface area contributed by atoms with Crippen LogP contribution in [0, 0.1) is 17.1 Å². The number of carbonyl (C=O) groups excluding carboxylic acids is 1. The van der Waals surface area contributed by atoms with Crippen molar-refractivity contribution in [2.45, 2.75) is 44.3 Å². The highest BCUT2D eigenvalue weighted by molar-refractivity contribution is 5.75. The lowest BCUT2D eigenvalue weighted by Gasteiger charge is -2.34. The van der Waals surface area contributed by atoms with Crippen LogP contribution in [-0.4, -0.2) is 41.1 Å². The quantitative estimate of drug-likeness (QED) is 0.845. The van der Waals surface area contributed by atoms with E-state index < -0.39 is 0 Å². The van der Waals surface area contributed by atoms with Gasteiger partial charge in [-0.2, -0.15) is 5.26 Å². The van der Waals surface area contributed by atoms with Gasteiger partial charge in [-0.1, -0.05) is 18.2 Å². The third-order valence-corrected chi connectivity index (χ3v) is 5.57. The summed E-state index contributed by atoms with van der Waals surface area (Å²) < 4.78 is 14.0. The van der Waals surface area contributed by atoms with Crippen molar-refractivity contribution in [3.8, 4) is 6.07 Å². The van der Waals surface area contributed by atoms with Gasteiger partial charge in [0.2, 0.25) is 0 Å². The molecule has 1 saturated heterocycles. The number of nitrogens with one attached hydrogen (secondary N) is 1. The number of hydrogen-bond acceptors (Lipinski definition) is 4. The van der Waals surface area contributed by atoms with E-state index in [1.54, 1.807) is 35.4 Å². The first-order chi connectivity index (χ1) is 14.1. The maximum Gasteiger partial charge on any atom is 0.318 e. The van der Waals surface area contributed by atoms with Crippen LogP contribution in [0.2, 0.25) is 0 Å². The Morgan fingerprint density at radius 1 is 1.21 bits per heavy atom. The number of halogens is 1. The second-order valence-electron chi connectivity index (χ2n) is 7.68. The molecule has 1 aromatic heterocycles. The average molecular weight is 393 g/mol. The van der Waals surface area contributed by atoms with Gasteiger partial charge in [-0.05, 0) is 43.9 Å². The monoisotopic (exact) mass is 393 g/mol. The lowest BCUT2D eigenvalue weighted by molar-refractivity contribution is 0.185. The van der Waals surface area contributed by atoms with Crippen LogP contribution in [0.15, 0.2) is 42.6 Å². The summed E-state index contributed by atoms with van der Waals surface area (Å²) in [5, 5.41) is 12.0. The van der Waals surface area contributed by atoms with E-state index in [1.165, 1.54) is 6.07 Å². The van der Waals surface area contributed by atoms with E-state index >= 15 is 0 Å². The lowest BCUT2D eigenvalue weighted by atomic mass is 10.1. The van der Waals surface area contributed by atoms with Crippen molar-refractivity contribution < 1.29 is 9.18 Å². The van der Waals surface area contributed by atoms with E-state index in [9.17, 15) is 9.18 Å². The molecule has 6 nitrogen and oxygen atoms in total. The number of pyridine rings is 1. The molecule has 1 aromatic carbocycles. The Kier molecular flexibility index (Phi) is 5.61. The molecule has 2 fully saturated rings. The van der Waals surface area contributed by atoms with Gasteiger partial charge < -0.3 is 15.1 Å². The van der Waals surface area contributed by atoms with Gasteiger partial charge >= 0.3 is 6.03 Å². The maximum atomic E-state index is 14.0. The van der Waals surface area contributed by atoms with E-state index in [4.69, 9.17) is 5.26 Å². The third-order valence-electron chi connectivity index (χ3n) is 5.57. The lowest BCUT2D eigenvalue weighted by Crippen LogP contribution is -2.49. The summed E-state index contributed by atoms with van der Waals surface area (Å²) in [6.45, 7) is 1.89. The number of urea groups is 1. The molecule has 0 atom stereocenters. The Balaban J connectivity index is 1.32. The minimum absolute atomic E-state index is 0.0963. The van der Waals surface area contributed by atoms with Crippen LogP contribution >= 0.6 is 0 Å². The predicted octanol–water partition coefficient (Wildman–Crippen LogP) is 3.44. The highest BCUT2D eigenvalue weighted by Gasteiger charge is 2.34. The van der Waals surface area contributed by atoms with Crippen molar-refractivity contribution in [3.63, 3.8) is 0 Å². The SMILES string of the molecule is N#Cc1ccc(N2CCC(NC(=O)N(Cc3ccccc3F)C3CC3)CC2)nc1. The molecule has 1 saturated carbocycles. The molecule has 1 N–H and O–H groups in total.